The Kier molecular flexibility index (Phi) is 2.76. The molecule has 0 unspecified atom stereocenters. The van der Waals surface area contributed by atoms with Gasteiger partial charge in [-0.25, -0.2) is 4.99 Å². The van der Waals surface area contributed by atoms with E-state index in [1.165, 1.54) is 0 Å². The highest BCUT2D eigenvalue weighted by molar-refractivity contribution is 6.15. The molecule has 0 aliphatic carbocycles. The van der Waals surface area contributed by atoms with Crippen LogP contribution in [-0.2, 0) is 0 Å². The second-order valence-electron chi connectivity index (χ2n) is 5.92. The number of benzene rings is 2. The van der Waals surface area contributed by atoms with E-state index in [4.69, 9.17) is 9.73 Å². The Hall–Kier alpha value is -2.68. The summed E-state index contributed by atoms with van der Waals surface area (Å²) in [5.41, 5.74) is 3.38. The Morgan fingerprint density at radius 1 is 0.955 bits per heavy atom. The van der Waals surface area contributed by atoms with Gasteiger partial charge in [-0.3, -0.25) is 4.98 Å². The minimum atomic E-state index is -0.574. The van der Waals surface area contributed by atoms with Gasteiger partial charge >= 0.3 is 0 Å². The minimum absolute atomic E-state index is 0.574. The molecule has 22 heavy (non-hydrogen) atoms. The summed E-state index contributed by atoms with van der Waals surface area (Å²) >= 11 is 0. The summed E-state index contributed by atoms with van der Waals surface area (Å²) in [6.45, 7) is 3.94. The van der Waals surface area contributed by atoms with Gasteiger partial charge < -0.3 is 4.74 Å². The monoisotopic (exact) mass is 288 g/mol. The summed E-state index contributed by atoms with van der Waals surface area (Å²) in [5, 5.41) is 1.12. The van der Waals surface area contributed by atoms with Gasteiger partial charge in [0.25, 0.3) is 0 Å². The van der Waals surface area contributed by atoms with Gasteiger partial charge in [0.05, 0.1) is 11.2 Å². The molecule has 2 aromatic carbocycles. The Balaban J connectivity index is 1.93. The molecule has 3 aromatic rings. The highest BCUT2D eigenvalue weighted by atomic mass is 16.5. The van der Waals surface area contributed by atoms with Crippen LogP contribution in [-0.4, -0.2) is 16.4 Å². The molecule has 2 heterocycles. The predicted octanol–water partition coefficient (Wildman–Crippen LogP) is 4.20. The van der Waals surface area contributed by atoms with Crippen molar-refractivity contribution in [3.63, 3.8) is 0 Å². The zero-order chi connectivity index (χ0) is 15.2. The van der Waals surface area contributed by atoms with Crippen molar-refractivity contribution in [3.8, 4) is 5.75 Å². The standard InChI is InChI=1S/C19H16N2O/c1-19(2)21-18(15-8-4-6-10-17(15)22-19)14-11-13-7-3-5-9-16(13)20-12-14/h3-12H,1-2H3. The fourth-order valence-corrected chi connectivity index (χ4v) is 2.79. The molecule has 0 spiro atoms. The van der Waals surface area contributed by atoms with Crippen LogP contribution in [0.2, 0.25) is 0 Å². The SMILES string of the molecule is CC1(C)N=C(c2cnc3ccccc3c2)c2ccccc2O1. The second-order valence-corrected chi connectivity index (χ2v) is 5.92. The summed E-state index contributed by atoms with van der Waals surface area (Å²) < 4.78 is 5.95. The Morgan fingerprint density at radius 3 is 2.64 bits per heavy atom. The summed E-state index contributed by atoms with van der Waals surface area (Å²) in [4.78, 5) is 9.34. The highest BCUT2D eigenvalue weighted by Gasteiger charge is 2.28. The first-order valence-corrected chi connectivity index (χ1v) is 7.36. The van der Waals surface area contributed by atoms with Crippen LogP contribution in [0.4, 0.5) is 0 Å². The van der Waals surface area contributed by atoms with Crippen LogP contribution in [0.25, 0.3) is 10.9 Å². The highest BCUT2D eigenvalue weighted by Crippen LogP contribution is 2.32. The van der Waals surface area contributed by atoms with Gasteiger partial charge in [0.1, 0.15) is 5.75 Å². The number of ether oxygens (including phenoxy) is 1. The number of rotatable bonds is 1. The average molecular weight is 288 g/mol. The minimum Gasteiger partial charge on any atom is -0.466 e. The zero-order valence-corrected chi connectivity index (χ0v) is 12.6. The van der Waals surface area contributed by atoms with Gasteiger partial charge in [0, 0.05) is 22.7 Å². The molecule has 0 fully saturated rings. The molecule has 0 bridgehead atoms. The van der Waals surface area contributed by atoms with Crippen LogP contribution in [0.15, 0.2) is 65.8 Å². The number of hydrogen-bond donors (Lipinski definition) is 0. The molecular formula is C19H16N2O. The van der Waals surface area contributed by atoms with Gasteiger partial charge in [0.15, 0.2) is 5.72 Å². The molecule has 0 saturated heterocycles. The fraction of sp³-hybridized carbons (Fsp3) is 0.158. The summed E-state index contributed by atoms with van der Waals surface area (Å²) in [5.74, 6) is 0.866. The molecule has 1 aliphatic heterocycles. The van der Waals surface area contributed by atoms with Crippen LogP contribution in [0, 0.1) is 0 Å². The van der Waals surface area contributed by atoms with Crippen LogP contribution in [0.3, 0.4) is 0 Å². The fourth-order valence-electron chi connectivity index (χ4n) is 2.79. The zero-order valence-electron chi connectivity index (χ0n) is 12.6. The lowest BCUT2D eigenvalue weighted by molar-refractivity contribution is 0.115. The van der Waals surface area contributed by atoms with Crippen molar-refractivity contribution in [1.82, 2.24) is 4.98 Å². The molecule has 108 valence electrons. The van der Waals surface area contributed by atoms with Crippen LogP contribution < -0.4 is 4.74 Å². The summed E-state index contributed by atoms with van der Waals surface area (Å²) in [6, 6.07) is 18.3. The van der Waals surface area contributed by atoms with Crippen molar-refractivity contribution >= 4 is 16.6 Å². The lowest BCUT2D eigenvalue weighted by Crippen LogP contribution is -2.32. The lowest BCUT2D eigenvalue weighted by Gasteiger charge is -2.30. The van der Waals surface area contributed by atoms with Gasteiger partial charge in [-0.15, -0.1) is 0 Å². The maximum Gasteiger partial charge on any atom is 0.195 e. The molecule has 0 N–H and O–H groups in total. The number of nitrogens with zero attached hydrogens (tertiary/aromatic N) is 2. The van der Waals surface area contributed by atoms with Crippen molar-refractivity contribution in [2.45, 2.75) is 19.6 Å². The van der Waals surface area contributed by atoms with Crippen molar-refractivity contribution < 1.29 is 4.74 Å². The molecule has 1 aromatic heterocycles. The Labute approximate surface area is 129 Å². The van der Waals surface area contributed by atoms with E-state index >= 15 is 0 Å². The number of aliphatic imine (C=N–C) groups is 1. The van der Waals surface area contributed by atoms with E-state index in [2.05, 4.69) is 17.1 Å². The molecule has 0 amide bonds. The molecule has 0 atom stereocenters. The smallest absolute Gasteiger partial charge is 0.195 e. The van der Waals surface area contributed by atoms with Gasteiger partial charge in [-0.05, 0) is 38.1 Å². The molecule has 1 aliphatic rings. The molecule has 0 radical (unpaired) electrons. The van der Waals surface area contributed by atoms with Crippen molar-refractivity contribution in [1.29, 1.82) is 0 Å². The van der Waals surface area contributed by atoms with Crippen LogP contribution >= 0.6 is 0 Å². The maximum atomic E-state index is 5.95. The number of hydrogen-bond acceptors (Lipinski definition) is 3. The van der Waals surface area contributed by atoms with E-state index in [-0.39, 0.29) is 0 Å². The van der Waals surface area contributed by atoms with Gasteiger partial charge in [0.2, 0.25) is 0 Å². The third-order valence-electron chi connectivity index (χ3n) is 3.75. The van der Waals surface area contributed by atoms with Gasteiger partial charge in [-0.1, -0.05) is 30.3 Å². The maximum absolute atomic E-state index is 5.95. The second kappa shape index (κ2) is 4.67. The molecule has 3 heteroatoms. The van der Waals surface area contributed by atoms with Crippen molar-refractivity contribution in [2.75, 3.05) is 0 Å². The van der Waals surface area contributed by atoms with Crippen molar-refractivity contribution in [3.05, 3.63) is 71.9 Å². The van der Waals surface area contributed by atoms with Crippen LogP contribution in [0.1, 0.15) is 25.0 Å². The summed E-state index contributed by atoms with van der Waals surface area (Å²) in [6.07, 6.45) is 1.89. The van der Waals surface area contributed by atoms with E-state index in [0.29, 0.717) is 0 Å². The van der Waals surface area contributed by atoms with Crippen molar-refractivity contribution in [2.24, 2.45) is 4.99 Å². The molecular weight excluding hydrogens is 272 g/mol. The first-order chi connectivity index (χ1) is 10.6. The average Bonchev–Trinajstić information content (AvgIpc) is 2.53. The quantitative estimate of drug-likeness (QED) is 0.672. The van der Waals surface area contributed by atoms with E-state index in [1.54, 1.807) is 0 Å². The number of fused-ring (bicyclic) bond motifs is 2. The van der Waals surface area contributed by atoms with Crippen LogP contribution in [0.5, 0.6) is 5.75 Å². The Bertz CT molecular complexity index is 897. The largest absolute Gasteiger partial charge is 0.466 e. The number of para-hydroxylation sites is 2. The Morgan fingerprint density at radius 2 is 1.73 bits per heavy atom. The van der Waals surface area contributed by atoms with E-state index in [9.17, 15) is 0 Å². The predicted molar refractivity (Wildman–Crippen MR) is 88.5 cm³/mol. The third kappa shape index (κ3) is 2.15. The topological polar surface area (TPSA) is 34.5 Å². The summed E-state index contributed by atoms with van der Waals surface area (Å²) in [7, 11) is 0. The third-order valence-corrected chi connectivity index (χ3v) is 3.75. The first-order valence-electron chi connectivity index (χ1n) is 7.36. The normalized spacial score (nSPS) is 15.8. The number of pyridine rings is 1. The molecule has 4 rings (SSSR count). The first kappa shape index (κ1) is 13.0. The van der Waals surface area contributed by atoms with E-state index in [1.807, 2.05) is 62.5 Å². The molecule has 3 nitrogen and oxygen atoms in total. The lowest BCUT2D eigenvalue weighted by atomic mass is 9.99. The van der Waals surface area contributed by atoms with E-state index < -0.39 is 5.72 Å². The van der Waals surface area contributed by atoms with E-state index in [0.717, 1.165) is 33.5 Å². The van der Waals surface area contributed by atoms with Gasteiger partial charge in [-0.2, -0.15) is 0 Å². The molecule has 0 saturated carbocycles. The number of aromatic nitrogens is 1.